The molecule has 2 aliphatic heterocycles. The maximum absolute atomic E-state index is 13.3. The molecule has 3 fully saturated rings. The number of nitrogens with zero attached hydrogens (tertiary/aromatic N) is 4. The Morgan fingerprint density at radius 1 is 1.07 bits per heavy atom. The van der Waals surface area contributed by atoms with Crippen molar-refractivity contribution in [2.24, 2.45) is 5.41 Å². The van der Waals surface area contributed by atoms with Crippen molar-refractivity contribution < 1.29 is 9.59 Å². The van der Waals surface area contributed by atoms with Gasteiger partial charge in [-0.25, -0.2) is 0 Å². The van der Waals surface area contributed by atoms with Crippen LogP contribution < -0.4 is 0 Å². The second-order valence-corrected chi connectivity index (χ2v) is 8.32. The summed E-state index contributed by atoms with van der Waals surface area (Å²) >= 11 is 0. The first-order valence-electron chi connectivity index (χ1n) is 10.1. The van der Waals surface area contributed by atoms with Crippen molar-refractivity contribution in [2.75, 3.05) is 19.6 Å². The molecule has 2 saturated heterocycles. The standard InChI is InChI=1S/C20H25N5O2/c26-18(14-6-7-16-17(12-14)22-23-21-16)24-11-9-20(13-24)8-3-10-25(19(20)27)15-4-1-2-5-15/h6-7,12,15H,1-5,8-11,13H2,(H,21,22,23). The highest BCUT2D eigenvalue weighted by Gasteiger charge is 2.50. The summed E-state index contributed by atoms with van der Waals surface area (Å²) in [7, 11) is 0. The first kappa shape index (κ1) is 16.7. The Morgan fingerprint density at radius 3 is 2.74 bits per heavy atom. The van der Waals surface area contributed by atoms with Crippen LogP contribution in [0.5, 0.6) is 0 Å². The van der Waals surface area contributed by atoms with Crippen LogP contribution in [0.1, 0.15) is 55.3 Å². The Morgan fingerprint density at radius 2 is 1.89 bits per heavy atom. The maximum Gasteiger partial charge on any atom is 0.253 e. The van der Waals surface area contributed by atoms with Crippen LogP contribution in [0.3, 0.4) is 0 Å². The van der Waals surface area contributed by atoms with Gasteiger partial charge in [0.2, 0.25) is 5.91 Å². The van der Waals surface area contributed by atoms with Crippen LogP contribution in [0.15, 0.2) is 18.2 Å². The van der Waals surface area contributed by atoms with Gasteiger partial charge in [-0.05, 0) is 50.3 Å². The quantitative estimate of drug-likeness (QED) is 0.883. The average Bonchev–Trinajstić information content (AvgIpc) is 3.44. The number of benzene rings is 1. The minimum atomic E-state index is -0.367. The van der Waals surface area contributed by atoms with Gasteiger partial charge < -0.3 is 9.80 Å². The monoisotopic (exact) mass is 367 g/mol. The third-order valence-corrected chi connectivity index (χ3v) is 6.74. The molecular formula is C20H25N5O2. The Kier molecular flexibility index (Phi) is 3.91. The lowest BCUT2D eigenvalue weighted by Crippen LogP contribution is -2.53. The third-order valence-electron chi connectivity index (χ3n) is 6.74. The molecule has 7 heteroatoms. The largest absolute Gasteiger partial charge is 0.339 e. The molecule has 1 aliphatic carbocycles. The second kappa shape index (κ2) is 6.32. The van der Waals surface area contributed by atoms with E-state index < -0.39 is 0 Å². The summed E-state index contributed by atoms with van der Waals surface area (Å²) in [6.07, 6.45) is 7.49. The molecule has 1 N–H and O–H groups in total. The molecule has 1 atom stereocenters. The second-order valence-electron chi connectivity index (χ2n) is 8.32. The zero-order valence-corrected chi connectivity index (χ0v) is 15.5. The number of carbonyl (C=O) groups is 2. The lowest BCUT2D eigenvalue weighted by Gasteiger charge is -2.42. The van der Waals surface area contributed by atoms with Gasteiger partial charge in [0, 0.05) is 31.2 Å². The summed E-state index contributed by atoms with van der Waals surface area (Å²) in [5.41, 5.74) is 1.69. The molecule has 7 nitrogen and oxygen atoms in total. The summed E-state index contributed by atoms with van der Waals surface area (Å²) in [5.74, 6) is 0.283. The van der Waals surface area contributed by atoms with Crippen molar-refractivity contribution in [3.63, 3.8) is 0 Å². The fraction of sp³-hybridized carbons (Fsp3) is 0.600. The van der Waals surface area contributed by atoms with Crippen molar-refractivity contribution in [3.8, 4) is 0 Å². The van der Waals surface area contributed by atoms with Gasteiger partial charge >= 0.3 is 0 Å². The van der Waals surface area contributed by atoms with E-state index in [0.717, 1.165) is 44.2 Å². The maximum atomic E-state index is 13.3. The summed E-state index contributed by atoms with van der Waals surface area (Å²) in [4.78, 5) is 30.4. The Labute approximate surface area is 158 Å². The number of aromatic nitrogens is 3. The molecule has 0 bridgehead atoms. The lowest BCUT2D eigenvalue weighted by molar-refractivity contribution is -0.148. The molecule has 1 aromatic carbocycles. The molecule has 142 valence electrons. The van der Waals surface area contributed by atoms with Crippen LogP contribution in [0, 0.1) is 5.41 Å². The SMILES string of the molecule is O=C(c1ccc2n[nH]nc2c1)N1CCC2(CCCN(C3CCCC3)C2=O)C1. The van der Waals surface area contributed by atoms with Crippen molar-refractivity contribution in [2.45, 2.75) is 51.0 Å². The van der Waals surface area contributed by atoms with Gasteiger partial charge in [0.25, 0.3) is 5.91 Å². The molecule has 2 amide bonds. The predicted octanol–water partition coefficient (Wildman–Crippen LogP) is 2.36. The Bertz CT molecular complexity index is 887. The number of rotatable bonds is 2. The molecule has 5 rings (SSSR count). The highest BCUT2D eigenvalue weighted by Crippen LogP contribution is 2.42. The molecule has 1 saturated carbocycles. The molecule has 2 aromatic rings. The van der Waals surface area contributed by atoms with Crippen molar-refractivity contribution in [1.82, 2.24) is 25.2 Å². The van der Waals surface area contributed by atoms with Gasteiger partial charge in [-0.1, -0.05) is 12.8 Å². The highest BCUT2D eigenvalue weighted by molar-refractivity contribution is 5.98. The first-order chi connectivity index (χ1) is 13.2. The van der Waals surface area contributed by atoms with Gasteiger partial charge in [-0.3, -0.25) is 9.59 Å². The van der Waals surface area contributed by atoms with Gasteiger partial charge in [0.15, 0.2) is 0 Å². The topological polar surface area (TPSA) is 82.2 Å². The molecule has 3 heterocycles. The molecular weight excluding hydrogens is 342 g/mol. The third kappa shape index (κ3) is 2.71. The lowest BCUT2D eigenvalue weighted by atomic mass is 9.77. The number of fused-ring (bicyclic) bond motifs is 1. The molecule has 1 unspecified atom stereocenters. The molecule has 1 spiro atoms. The molecule has 1 aromatic heterocycles. The number of H-pyrrole nitrogens is 1. The van der Waals surface area contributed by atoms with E-state index in [2.05, 4.69) is 20.3 Å². The van der Waals surface area contributed by atoms with Crippen LogP contribution in [0.25, 0.3) is 11.0 Å². The minimum absolute atomic E-state index is 0.0115. The fourth-order valence-corrected chi connectivity index (χ4v) is 5.25. The number of aromatic amines is 1. The molecule has 27 heavy (non-hydrogen) atoms. The van der Waals surface area contributed by atoms with E-state index in [4.69, 9.17) is 0 Å². The summed E-state index contributed by atoms with van der Waals surface area (Å²) in [6, 6.07) is 5.81. The average molecular weight is 367 g/mol. The number of hydrogen-bond acceptors (Lipinski definition) is 4. The minimum Gasteiger partial charge on any atom is -0.339 e. The summed E-state index contributed by atoms with van der Waals surface area (Å²) in [6.45, 7) is 2.09. The smallest absolute Gasteiger partial charge is 0.253 e. The van der Waals surface area contributed by atoms with Crippen LogP contribution in [0.4, 0.5) is 0 Å². The van der Waals surface area contributed by atoms with E-state index in [1.54, 1.807) is 12.1 Å². The van der Waals surface area contributed by atoms with Crippen LogP contribution in [-0.4, -0.2) is 62.7 Å². The van der Waals surface area contributed by atoms with Gasteiger partial charge in [0.05, 0.1) is 5.41 Å². The number of likely N-dealkylation sites (tertiary alicyclic amines) is 2. The number of piperidine rings is 1. The number of hydrogen-bond donors (Lipinski definition) is 1. The fourth-order valence-electron chi connectivity index (χ4n) is 5.25. The zero-order chi connectivity index (χ0) is 18.4. The van der Waals surface area contributed by atoms with Crippen LogP contribution in [-0.2, 0) is 4.79 Å². The number of nitrogens with one attached hydrogen (secondary N) is 1. The van der Waals surface area contributed by atoms with Gasteiger partial charge in [-0.2, -0.15) is 15.4 Å². The van der Waals surface area contributed by atoms with E-state index in [0.29, 0.717) is 36.1 Å². The number of carbonyl (C=O) groups excluding carboxylic acids is 2. The van der Waals surface area contributed by atoms with E-state index in [-0.39, 0.29) is 11.3 Å². The van der Waals surface area contributed by atoms with E-state index in [1.807, 2.05) is 11.0 Å². The number of amides is 2. The van der Waals surface area contributed by atoms with Gasteiger partial charge in [-0.15, -0.1) is 0 Å². The van der Waals surface area contributed by atoms with E-state index in [9.17, 15) is 9.59 Å². The summed E-state index contributed by atoms with van der Waals surface area (Å²) in [5, 5.41) is 10.7. The van der Waals surface area contributed by atoms with E-state index >= 15 is 0 Å². The zero-order valence-electron chi connectivity index (χ0n) is 15.5. The van der Waals surface area contributed by atoms with Crippen molar-refractivity contribution >= 4 is 22.8 Å². The Balaban J connectivity index is 1.35. The molecule has 0 radical (unpaired) electrons. The Hall–Kier alpha value is -2.44. The summed E-state index contributed by atoms with van der Waals surface area (Å²) < 4.78 is 0. The van der Waals surface area contributed by atoms with Gasteiger partial charge in [0.1, 0.15) is 11.0 Å². The van der Waals surface area contributed by atoms with Crippen molar-refractivity contribution in [1.29, 1.82) is 0 Å². The van der Waals surface area contributed by atoms with Crippen LogP contribution >= 0.6 is 0 Å². The highest BCUT2D eigenvalue weighted by atomic mass is 16.2. The first-order valence-corrected chi connectivity index (χ1v) is 10.1. The van der Waals surface area contributed by atoms with Crippen molar-refractivity contribution in [3.05, 3.63) is 23.8 Å². The van der Waals surface area contributed by atoms with Crippen LogP contribution in [0.2, 0.25) is 0 Å². The predicted molar refractivity (Wildman–Crippen MR) is 100 cm³/mol. The van der Waals surface area contributed by atoms with E-state index in [1.165, 1.54) is 12.8 Å². The molecule has 3 aliphatic rings. The normalized spacial score (nSPS) is 26.6.